The standard InChI is InChI=1S/C22H22N6O3/c1-26-18-19(27(2)22(30)28(3)20(18)29)24-21(26)25-23-13-16-10-7-11-17(12-16)31-14-15-8-5-4-6-9-15/h4-13H,14H2,1-3H3,(H,24,25). The molecule has 0 bridgehead atoms. The highest BCUT2D eigenvalue weighted by Gasteiger charge is 2.16. The molecule has 31 heavy (non-hydrogen) atoms. The number of fused-ring (bicyclic) bond motifs is 1. The zero-order valence-electron chi connectivity index (χ0n) is 17.4. The van der Waals surface area contributed by atoms with E-state index in [1.807, 2.05) is 54.6 Å². The minimum absolute atomic E-state index is 0.296. The molecule has 0 aliphatic heterocycles. The Bertz CT molecular complexity index is 1380. The fraction of sp³-hybridized carbons (Fsp3) is 0.182. The van der Waals surface area contributed by atoms with Gasteiger partial charge in [0.2, 0.25) is 5.95 Å². The third-order valence-corrected chi connectivity index (χ3v) is 4.96. The molecule has 0 atom stereocenters. The number of anilines is 1. The normalized spacial score (nSPS) is 11.3. The number of imidazole rings is 1. The van der Waals surface area contributed by atoms with E-state index in [1.54, 1.807) is 24.9 Å². The van der Waals surface area contributed by atoms with Crippen molar-refractivity contribution in [3.05, 3.63) is 86.6 Å². The van der Waals surface area contributed by atoms with Crippen molar-refractivity contribution in [1.29, 1.82) is 0 Å². The topological polar surface area (TPSA) is 95.4 Å². The Morgan fingerprint density at radius 2 is 1.77 bits per heavy atom. The summed E-state index contributed by atoms with van der Waals surface area (Å²) in [7, 11) is 4.71. The lowest BCUT2D eigenvalue weighted by Gasteiger charge is -2.06. The van der Waals surface area contributed by atoms with Crippen molar-refractivity contribution < 1.29 is 4.74 Å². The van der Waals surface area contributed by atoms with Crippen molar-refractivity contribution in [1.82, 2.24) is 18.7 Å². The van der Waals surface area contributed by atoms with Gasteiger partial charge in [-0.2, -0.15) is 10.1 Å². The van der Waals surface area contributed by atoms with Crippen LogP contribution in [0.2, 0.25) is 0 Å². The number of hydrazone groups is 1. The van der Waals surface area contributed by atoms with Gasteiger partial charge in [0.15, 0.2) is 11.2 Å². The van der Waals surface area contributed by atoms with Crippen molar-refractivity contribution in [2.45, 2.75) is 6.61 Å². The van der Waals surface area contributed by atoms with Crippen molar-refractivity contribution in [2.24, 2.45) is 26.2 Å². The van der Waals surface area contributed by atoms with Crippen LogP contribution in [0.15, 0.2) is 69.3 Å². The van der Waals surface area contributed by atoms with Crippen molar-refractivity contribution in [3.8, 4) is 5.75 Å². The van der Waals surface area contributed by atoms with E-state index in [0.717, 1.165) is 21.4 Å². The van der Waals surface area contributed by atoms with Crippen LogP contribution in [0.25, 0.3) is 11.2 Å². The first-order chi connectivity index (χ1) is 15.0. The largest absolute Gasteiger partial charge is 0.489 e. The molecule has 2 aromatic carbocycles. The summed E-state index contributed by atoms with van der Waals surface area (Å²) < 4.78 is 9.80. The Morgan fingerprint density at radius 1 is 1.00 bits per heavy atom. The van der Waals surface area contributed by atoms with Crippen LogP contribution < -0.4 is 21.4 Å². The molecular formula is C22H22N6O3. The molecule has 1 N–H and O–H groups in total. The molecule has 9 nitrogen and oxygen atoms in total. The first-order valence-corrected chi connectivity index (χ1v) is 9.64. The van der Waals surface area contributed by atoms with E-state index in [0.29, 0.717) is 23.7 Å². The SMILES string of the molecule is Cn1c(=O)c2c(nc(NN=Cc3cccc(OCc4ccccc4)c3)n2C)n(C)c1=O. The predicted molar refractivity (Wildman–Crippen MR) is 120 cm³/mol. The van der Waals surface area contributed by atoms with Crippen LogP contribution in [0.1, 0.15) is 11.1 Å². The number of nitrogens with zero attached hydrogens (tertiary/aromatic N) is 5. The van der Waals surface area contributed by atoms with E-state index in [9.17, 15) is 9.59 Å². The van der Waals surface area contributed by atoms with Gasteiger partial charge in [-0.25, -0.2) is 10.2 Å². The summed E-state index contributed by atoms with van der Waals surface area (Å²) in [4.78, 5) is 28.9. The van der Waals surface area contributed by atoms with Crippen molar-refractivity contribution in [2.75, 3.05) is 5.43 Å². The Labute approximate surface area is 177 Å². The number of ether oxygens (including phenoxy) is 1. The number of aryl methyl sites for hydroxylation is 2. The van der Waals surface area contributed by atoms with E-state index >= 15 is 0 Å². The van der Waals surface area contributed by atoms with Crippen molar-refractivity contribution >= 4 is 23.3 Å². The summed E-state index contributed by atoms with van der Waals surface area (Å²) in [5.41, 5.74) is 4.53. The summed E-state index contributed by atoms with van der Waals surface area (Å²) in [5, 5.41) is 4.22. The summed E-state index contributed by atoms with van der Waals surface area (Å²) >= 11 is 0. The van der Waals surface area contributed by atoms with Crippen LogP contribution in [0.4, 0.5) is 5.95 Å². The molecular weight excluding hydrogens is 396 g/mol. The van der Waals surface area contributed by atoms with Crippen LogP contribution in [0.5, 0.6) is 5.75 Å². The molecule has 0 saturated carbocycles. The number of nitrogens with one attached hydrogen (secondary N) is 1. The van der Waals surface area contributed by atoms with Crippen LogP contribution in [-0.2, 0) is 27.7 Å². The van der Waals surface area contributed by atoms with Gasteiger partial charge in [0.25, 0.3) is 5.56 Å². The Balaban J connectivity index is 1.51. The van der Waals surface area contributed by atoms with E-state index in [2.05, 4.69) is 15.5 Å². The number of benzene rings is 2. The second-order valence-electron chi connectivity index (χ2n) is 7.09. The maximum Gasteiger partial charge on any atom is 0.332 e. The Morgan fingerprint density at radius 3 is 2.55 bits per heavy atom. The fourth-order valence-electron chi connectivity index (χ4n) is 3.21. The minimum Gasteiger partial charge on any atom is -0.489 e. The molecule has 2 heterocycles. The number of hydrogen-bond donors (Lipinski definition) is 1. The second-order valence-corrected chi connectivity index (χ2v) is 7.09. The van der Waals surface area contributed by atoms with E-state index in [1.165, 1.54) is 11.6 Å². The molecule has 0 amide bonds. The zero-order chi connectivity index (χ0) is 22.0. The van der Waals surface area contributed by atoms with Gasteiger partial charge in [0.05, 0.1) is 6.21 Å². The number of hydrogen-bond acceptors (Lipinski definition) is 6. The smallest absolute Gasteiger partial charge is 0.332 e. The first kappa shape index (κ1) is 20.1. The summed E-state index contributed by atoms with van der Waals surface area (Å²) in [5.74, 6) is 1.08. The lowest BCUT2D eigenvalue weighted by Crippen LogP contribution is -2.37. The molecule has 2 aromatic heterocycles. The molecule has 158 valence electrons. The predicted octanol–water partition coefficient (Wildman–Crippen LogP) is 2.00. The van der Waals surface area contributed by atoms with Gasteiger partial charge in [0.1, 0.15) is 12.4 Å². The number of rotatable bonds is 6. The summed E-state index contributed by atoms with van der Waals surface area (Å²) in [6.07, 6.45) is 1.63. The molecule has 0 spiro atoms. The van der Waals surface area contributed by atoms with Gasteiger partial charge < -0.3 is 9.30 Å². The molecule has 4 aromatic rings. The molecule has 0 unspecified atom stereocenters. The van der Waals surface area contributed by atoms with Gasteiger partial charge >= 0.3 is 5.69 Å². The van der Waals surface area contributed by atoms with Gasteiger partial charge in [-0.3, -0.25) is 13.9 Å². The minimum atomic E-state index is -0.432. The molecule has 0 saturated heterocycles. The van der Waals surface area contributed by atoms with Gasteiger partial charge in [-0.15, -0.1) is 0 Å². The lowest BCUT2D eigenvalue weighted by atomic mass is 10.2. The molecule has 9 heteroatoms. The summed E-state index contributed by atoms with van der Waals surface area (Å²) in [6, 6.07) is 17.5. The molecule has 0 fully saturated rings. The fourth-order valence-corrected chi connectivity index (χ4v) is 3.21. The Hall–Kier alpha value is -4.14. The zero-order valence-corrected chi connectivity index (χ0v) is 17.4. The van der Waals surface area contributed by atoms with Crippen LogP contribution in [0.3, 0.4) is 0 Å². The first-order valence-electron chi connectivity index (χ1n) is 9.64. The highest BCUT2D eigenvalue weighted by molar-refractivity contribution is 5.81. The van der Waals surface area contributed by atoms with Gasteiger partial charge in [-0.05, 0) is 23.3 Å². The quantitative estimate of drug-likeness (QED) is 0.382. The lowest BCUT2D eigenvalue weighted by molar-refractivity contribution is 0.306. The molecule has 0 aliphatic rings. The molecule has 0 aliphatic carbocycles. The maximum absolute atomic E-state index is 12.4. The second kappa shape index (κ2) is 8.31. The number of aromatic nitrogens is 4. The third-order valence-electron chi connectivity index (χ3n) is 4.96. The van der Waals surface area contributed by atoms with Gasteiger partial charge in [0, 0.05) is 21.1 Å². The monoisotopic (exact) mass is 418 g/mol. The van der Waals surface area contributed by atoms with E-state index < -0.39 is 11.2 Å². The van der Waals surface area contributed by atoms with E-state index in [-0.39, 0.29) is 0 Å². The van der Waals surface area contributed by atoms with Crippen LogP contribution >= 0.6 is 0 Å². The van der Waals surface area contributed by atoms with E-state index in [4.69, 9.17) is 4.74 Å². The van der Waals surface area contributed by atoms with Crippen LogP contribution in [0, 0.1) is 0 Å². The molecule has 0 radical (unpaired) electrons. The Kier molecular flexibility index (Phi) is 5.40. The third kappa shape index (κ3) is 3.97. The highest BCUT2D eigenvalue weighted by atomic mass is 16.5. The highest BCUT2D eigenvalue weighted by Crippen LogP contribution is 2.15. The average Bonchev–Trinajstić information content (AvgIpc) is 3.12. The van der Waals surface area contributed by atoms with Gasteiger partial charge in [-0.1, -0.05) is 42.5 Å². The van der Waals surface area contributed by atoms with Crippen LogP contribution in [-0.4, -0.2) is 24.9 Å². The summed E-state index contributed by atoms with van der Waals surface area (Å²) in [6.45, 7) is 0.479. The van der Waals surface area contributed by atoms with Crippen molar-refractivity contribution in [3.63, 3.8) is 0 Å². The average molecular weight is 418 g/mol. The molecule has 4 rings (SSSR count). The maximum atomic E-state index is 12.4.